The van der Waals surface area contributed by atoms with E-state index < -0.39 is 5.60 Å². The van der Waals surface area contributed by atoms with Crippen LogP contribution in [-0.4, -0.2) is 10.7 Å². The Hall–Kier alpha value is -0.300. The SMILES string of the molecule is CCC(C)(O)CCCCC1CC2C=CC1C2. The fraction of sp³-hybridized carbons (Fsp3) is 0.867. The van der Waals surface area contributed by atoms with Crippen LogP contribution in [0.5, 0.6) is 0 Å². The molecule has 0 aromatic heterocycles. The van der Waals surface area contributed by atoms with E-state index in [0.29, 0.717) is 0 Å². The molecule has 0 aliphatic heterocycles. The van der Waals surface area contributed by atoms with Crippen LogP contribution in [0.15, 0.2) is 12.2 Å². The summed E-state index contributed by atoms with van der Waals surface area (Å²) in [5.74, 6) is 2.77. The zero-order valence-electron chi connectivity index (χ0n) is 10.8. The van der Waals surface area contributed by atoms with Gasteiger partial charge in [0.2, 0.25) is 0 Å². The van der Waals surface area contributed by atoms with Crippen molar-refractivity contribution in [1.82, 2.24) is 0 Å². The monoisotopic (exact) mass is 222 g/mol. The van der Waals surface area contributed by atoms with Crippen molar-refractivity contribution in [2.45, 2.75) is 64.4 Å². The molecule has 16 heavy (non-hydrogen) atoms. The first-order valence-electron chi connectivity index (χ1n) is 7.01. The molecule has 0 aromatic carbocycles. The summed E-state index contributed by atoms with van der Waals surface area (Å²) in [5.41, 5.74) is -0.422. The van der Waals surface area contributed by atoms with Gasteiger partial charge >= 0.3 is 0 Å². The highest BCUT2D eigenvalue weighted by atomic mass is 16.3. The average molecular weight is 222 g/mol. The van der Waals surface area contributed by atoms with Gasteiger partial charge in [-0.1, -0.05) is 31.9 Å². The molecule has 1 saturated carbocycles. The van der Waals surface area contributed by atoms with Gasteiger partial charge in [0.15, 0.2) is 0 Å². The van der Waals surface area contributed by atoms with Crippen LogP contribution in [0.25, 0.3) is 0 Å². The summed E-state index contributed by atoms with van der Waals surface area (Å²) in [4.78, 5) is 0. The highest BCUT2D eigenvalue weighted by Gasteiger charge is 2.34. The van der Waals surface area contributed by atoms with Crippen LogP contribution >= 0.6 is 0 Å². The third-order valence-corrected chi connectivity index (χ3v) is 4.72. The van der Waals surface area contributed by atoms with Crippen LogP contribution in [0, 0.1) is 17.8 Å². The quantitative estimate of drug-likeness (QED) is 0.533. The topological polar surface area (TPSA) is 20.2 Å². The largest absolute Gasteiger partial charge is 0.390 e. The molecule has 1 nitrogen and oxygen atoms in total. The first kappa shape index (κ1) is 12.2. The molecule has 2 rings (SSSR count). The third-order valence-electron chi connectivity index (χ3n) is 4.72. The van der Waals surface area contributed by atoms with E-state index in [1.54, 1.807) is 0 Å². The van der Waals surface area contributed by atoms with Crippen LogP contribution < -0.4 is 0 Å². The lowest BCUT2D eigenvalue weighted by atomic mass is 9.87. The van der Waals surface area contributed by atoms with Crippen LogP contribution in [-0.2, 0) is 0 Å². The summed E-state index contributed by atoms with van der Waals surface area (Å²) >= 11 is 0. The second kappa shape index (κ2) is 4.91. The summed E-state index contributed by atoms with van der Waals surface area (Å²) in [6, 6.07) is 0. The number of fused-ring (bicyclic) bond motifs is 2. The number of hydrogen-bond donors (Lipinski definition) is 1. The second-order valence-corrected chi connectivity index (χ2v) is 6.14. The predicted octanol–water partition coefficient (Wildman–Crippen LogP) is 3.92. The summed E-state index contributed by atoms with van der Waals surface area (Å²) in [7, 11) is 0. The Bertz CT molecular complexity index is 254. The van der Waals surface area contributed by atoms with E-state index in [4.69, 9.17) is 0 Å². The summed E-state index contributed by atoms with van der Waals surface area (Å²) < 4.78 is 0. The molecule has 0 aromatic rings. The number of rotatable bonds is 6. The fourth-order valence-corrected chi connectivity index (χ4v) is 3.32. The van der Waals surface area contributed by atoms with E-state index >= 15 is 0 Å². The van der Waals surface area contributed by atoms with Gasteiger partial charge in [0.1, 0.15) is 0 Å². The van der Waals surface area contributed by atoms with Crippen molar-refractivity contribution in [3.05, 3.63) is 12.2 Å². The van der Waals surface area contributed by atoms with Gasteiger partial charge in [-0.3, -0.25) is 0 Å². The van der Waals surface area contributed by atoms with E-state index in [1.807, 2.05) is 6.92 Å². The lowest BCUT2D eigenvalue weighted by Gasteiger charge is -2.22. The van der Waals surface area contributed by atoms with E-state index in [2.05, 4.69) is 19.1 Å². The standard InChI is InChI=1S/C15H26O/c1-3-15(2,16)9-5-4-6-13-10-12-7-8-14(13)11-12/h7-8,12-14,16H,3-6,9-11H2,1-2H3. The Kier molecular flexibility index (Phi) is 3.73. The van der Waals surface area contributed by atoms with E-state index in [9.17, 15) is 5.11 Å². The Morgan fingerprint density at radius 2 is 2.06 bits per heavy atom. The predicted molar refractivity (Wildman–Crippen MR) is 68.2 cm³/mol. The number of hydrogen-bond acceptors (Lipinski definition) is 1. The Morgan fingerprint density at radius 1 is 1.25 bits per heavy atom. The Balaban J connectivity index is 1.61. The third kappa shape index (κ3) is 2.88. The van der Waals surface area contributed by atoms with Gasteiger partial charge in [0, 0.05) is 0 Å². The molecule has 0 saturated heterocycles. The summed E-state index contributed by atoms with van der Waals surface area (Å²) in [5, 5.41) is 9.91. The zero-order chi connectivity index (χ0) is 11.6. The van der Waals surface area contributed by atoms with Crippen molar-refractivity contribution < 1.29 is 5.11 Å². The molecular formula is C15H26O. The van der Waals surface area contributed by atoms with Gasteiger partial charge in [-0.2, -0.15) is 0 Å². The maximum Gasteiger partial charge on any atom is 0.0617 e. The molecule has 92 valence electrons. The van der Waals surface area contributed by atoms with Crippen molar-refractivity contribution in [3.63, 3.8) is 0 Å². The van der Waals surface area contributed by atoms with Crippen molar-refractivity contribution in [3.8, 4) is 0 Å². The smallest absolute Gasteiger partial charge is 0.0617 e. The van der Waals surface area contributed by atoms with Gasteiger partial charge in [0.25, 0.3) is 0 Å². The highest BCUT2D eigenvalue weighted by molar-refractivity contribution is 5.09. The maximum absolute atomic E-state index is 9.91. The second-order valence-electron chi connectivity index (χ2n) is 6.14. The van der Waals surface area contributed by atoms with Crippen LogP contribution in [0.2, 0.25) is 0 Å². The van der Waals surface area contributed by atoms with Crippen LogP contribution in [0.3, 0.4) is 0 Å². The van der Waals surface area contributed by atoms with Crippen molar-refractivity contribution >= 4 is 0 Å². The molecule has 0 radical (unpaired) electrons. The van der Waals surface area contributed by atoms with Gasteiger partial charge < -0.3 is 5.11 Å². The lowest BCUT2D eigenvalue weighted by molar-refractivity contribution is 0.0438. The molecule has 4 unspecified atom stereocenters. The molecular weight excluding hydrogens is 196 g/mol. The first-order valence-corrected chi connectivity index (χ1v) is 7.01. The molecule has 2 bridgehead atoms. The lowest BCUT2D eigenvalue weighted by Crippen LogP contribution is -2.22. The number of aliphatic hydroxyl groups is 1. The highest BCUT2D eigenvalue weighted by Crippen LogP contribution is 2.45. The fourth-order valence-electron chi connectivity index (χ4n) is 3.32. The minimum Gasteiger partial charge on any atom is -0.390 e. The Morgan fingerprint density at radius 3 is 2.62 bits per heavy atom. The number of allylic oxidation sites excluding steroid dienone is 2. The van der Waals surface area contributed by atoms with Crippen LogP contribution in [0.1, 0.15) is 58.8 Å². The van der Waals surface area contributed by atoms with E-state index in [0.717, 1.165) is 30.6 Å². The van der Waals surface area contributed by atoms with Gasteiger partial charge in [0.05, 0.1) is 5.60 Å². The molecule has 4 atom stereocenters. The van der Waals surface area contributed by atoms with Crippen molar-refractivity contribution in [2.75, 3.05) is 0 Å². The maximum atomic E-state index is 9.91. The van der Waals surface area contributed by atoms with Crippen molar-refractivity contribution in [1.29, 1.82) is 0 Å². The normalized spacial score (nSPS) is 35.6. The zero-order valence-corrected chi connectivity index (χ0v) is 10.8. The van der Waals surface area contributed by atoms with Gasteiger partial charge in [-0.05, 0) is 56.8 Å². The Labute approximate surface area is 99.9 Å². The van der Waals surface area contributed by atoms with E-state index in [1.165, 1.54) is 32.1 Å². The number of unbranched alkanes of at least 4 members (excludes halogenated alkanes) is 1. The molecule has 1 fully saturated rings. The minimum absolute atomic E-state index is 0.422. The summed E-state index contributed by atoms with van der Waals surface area (Å²) in [6.07, 6.45) is 13.5. The average Bonchev–Trinajstić information content (AvgIpc) is 2.86. The first-order chi connectivity index (χ1) is 7.61. The summed E-state index contributed by atoms with van der Waals surface area (Å²) in [6.45, 7) is 4.04. The van der Waals surface area contributed by atoms with Gasteiger partial charge in [-0.15, -0.1) is 0 Å². The molecule has 1 heteroatoms. The molecule has 0 spiro atoms. The molecule has 2 aliphatic carbocycles. The van der Waals surface area contributed by atoms with Crippen LogP contribution in [0.4, 0.5) is 0 Å². The minimum atomic E-state index is -0.422. The molecule has 1 N–H and O–H groups in total. The molecule has 0 heterocycles. The molecule has 0 amide bonds. The molecule has 2 aliphatic rings. The van der Waals surface area contributed by atoms with Gasteiger partial charge in [-0.25, -0.2) is 0 Å². The van der Waals surface area contributed by atoms with Crippen molar-refractivity contribution in [2.24, 2.45) is 17.8 Å². The van der Waals surface area contributed by atoms with E-state index in [-0.39, 0.29) is 0 Å².